The Morgan fingerprint density at radius 3 is 2.60 bits per heavy atom. The highest BCUT2D eigenvalue weighted by molar-refractivity contribution is 7.84. The van der Waals surface area contributed by atoms with E-state index in [1.807, 2.05) is 48.1 Å². The number of nitrogens with zero attached hydrogens (tertiary/aromatic N) is 2. The van der Waals surface area contributed by atoms with Gasteiger partial charge < -0.3 is 10.4 Å². The van der Waals surface area contributed by atoms with Crippen molar-refractivity contribution in [2.75, 3.05) is 0 Å². The minimum Gasteiger partial charge on any atom is -0.366 e. The molecule has 2 N–H and O–H groups in total. The summed E-state index contributed by atoms with van der Waals surface area (Å²) in [4.78, 5) is 0. The summed E-state index contributed by atoms with van der Waals surface area (Å²) in [6.45, 7) is 3.68. The van der Waals surface area contributed by atoms with Gasteiger partial charge in [-0.25, -0.2) is 0 Å². The third kappa shape index (κ3) is 3.38. The van der Waals surface area contributed by atoms with Gasteiger partial charge in [-0.1, -0.05) is 23.7 Å². The lowest BCUT2D eigenvalue weighted by atomic mass is 9.78. The molecule has 25 heavy (non-hydrogen) atoms. The van der Waals surface area contributed by atoms with Crippen LogP contribution in [-0.4, -0.2) is 10.8 Å². The number of hydrogen-bond donors (Lipinski definition) is 3. The van der Waals surface area contributed by atoms with Crippen LogP contribution in [0.4, 0.5) is 0 Å². The minimum absolute atomic E-state index is 0.363. The molecule has 1 aliphatic heterocycles. The molecule has 0 bridgehead atoms. The number of aryl methyl sites for hydroxylation is 1. The summed E-state index contributed by atoms with van der Waals surface area (Å²) in [5.41, 5.74) is 1.15. The van der Waals surface area contributed by atoms with Crippen LogP contribution in [0.5, 0.6) is 0 Å². The van der Waals surface area contributed by atoms with Crippen LogP contribution in [-0.2, 0) is 0 Å². The van der Waals surface area contributed by atoms with E-state index in [0.29, 0.717) is 15.6 Å². The Bertz CT molecular complexity index is 871. The molecule has 4 nitrogen and oxygen atoms in total. The molecule has 128 valence electrons. The van der Waals surface area contributed by atoms with E-state index >= 15 is 0 Å². The summed E-state index contributed by atoms with van der Waals surface area (Å²) in [5.74, 6) is -0.363. The average molecular weight is 373 g/mol. The van der Waals surface area contributed by atoms with E-state index in [9.17, 15) is 10.4 Å². The van der Waals surface area contributed by atoms with Crippen molar-refractivity contribution in [2.24, 2.45) is 0 Å². The highest BCUT2D eigenvalue weighted by Crippen LogP contribution is 2.43. The van der Waals surface area contributed by atoms with Crippen LogP contribution in [0.1, 0.15) is 30.0 Å². The lowest BCUT2D eigenvalue weighted by molar-refractivity contribution is -0.741. The first kappa shape index (κ1) is 17.8. The van der Waals surface area contributed by atoms with Crippen molar-refractivity contribution in [3.8, 4) is 6.07 Å². The number of nitriles is 1. The van der Waals surface area contributed by atoms with Crippen LogP contribution in [0.15, 0.2) is 59.4 Å². The summed E-state index contributed by atoms with van der Waals surface area (Å²) in [6.07, 6.45) is 3.86. The SMILES string of the molecule is Cc1ccc[n+](C2C(c3ccc(Cl)cc3)C(C#N)=C(S)NC2(C)O)c1. The molecule has 0 amide bonds. The third-order valence-electron chi connectivity index (χ3n) is 4.47. The molecule has 0 aliphatic carbocycles. The number of allylic oxidation sites excluding steroid dienone is 1. The topological polar surface area (TPSA) is 59.9 Å². The Labute approximate surface area is 157 Å². The first-order valence-corrected chi connectivity index (χ1v) is 8.72. The van der Waals surface area contributed by atoms with Crippen molar-refractivity contribution in [2.45, 2.75) is 31.5 Å². The molecule has 3 atom stereocenters. The van der Waals surface area contributed by atoms with E-state index in [4.69, 9.17) is 11.6 Å². The normalized spacial score (nSPS) is 26.1. The maximum atomic E-state index is 11.1. The zero-order valence-electron chi connectivity index (χ0n) is 13.9. The number of halogens is 1. The van der Waals surface area contributed by atoms with Gasteiger partial charge in [0.15, 0.2) is 18.1 Å². The number of aliphatic hydroxyl groups is 1. The molecule has 0 saturated carbocycles. The van der Waals surface area contributed by atoms with Gasteiger partial charge in [-0.3, -0.25) is 0 Å². The van der Waals surface area contributed by atoms with Crippen molar-refractivity contribution < 1.29 is 9.67 Å². The van der Waals surface area contributed by atoms with E-state index < -0.39 is 11.8 Å². The fourth-order valence-electron chi connectivity index (χ4n) is 3.40. The Kier molecular flexibility index (Phi) is 4.79. The van der Waals surface area contributed by atoms with E-state index in [2.05, 4.69) is 24.0 Å². The van der Waals surface area contributed by atoms with Crippen molar-refractivity contribution >= 4 is 24.2 Å². The fourth-order valence-corrected chi connectivity index (χ4v) is 3.94. The average Bonchev–Trinajstić information content (AvgIpc) is 2.54. The second kappa shape index (κ2) is 6.72. The molecule has 0 spiro atoms. The number of benzene rings is 1. The summed E-state index contributed by atoms with van der Waals surface area (Å²) in [5, 5.41) is 24.8. The number of aromatic nitrogens is 1. The highest BCUT2D eigenvalue weighted by Gasteiger charge is 2.51. The van der Waals surface area contributed by atoms with Crippen LogP contribution in [0.3, 0.4) is 0 Å². The molecule has 1 aromatic heterocycles. The zero-order valence-corrected chi connectivity index (χ0v) is 15.6. The van der Waals surface area contributed by atoms with E-state index in [-0.39, 0.29) is 5.92 Å². The molecule has 3 unspecified atom stereocenters. The van der Waals surface area contributed by atoms with E-state index in [1.54, 1.807) is 19.1 Å². The third-order valence-corrected chi connectivity index (χ3v) is 5.07. The number of hydrogen-bond acceptors (Lipinski definition) is 4. The van der Waals surface area contributed by atoms with Gasteiger partial charge >= 0.3 is 0 Å². The van der Waals surface area contributed by atoms with Crippen LogP contribution in [0.25, 0.3) is 0 Å². The Morgan fingerprint density at radius 2 is 2.00 bits per heavy atom. The van der Waals surface area contributed by atoms with Crippen molar-refractivity contribution in [1.29, 1.82) is 5.26 Å². The fraction of sp³-hybridized carbons (Fsp3) is 0.263. The van der Waals surface area contributed by atoms with Gasteiger partial charge in [0, 0.05) is 16.7 Å². The molecule has 2 aromatic rings. The first-order chi connectivity index (χ1) is 11.8. The summed E-state index contributed by atoms with van der Waals surface area (Å²) in [6, 6.07) is 13.1. The lowest BCUT2D eigenvalue weighted by Crippen LogP contribution is -2.62. The molecule has 3 rings (SSSR count). The van der Waals surface area contributed by atoms with Crippen LogP contribution < -0.4 is 9.88 Å². The van der Waals surface area contributed by atoms with Crippen molar-refractivity contribution in [3.05, 3.63) is 75.5 Å². The first-order valence-electron chi connectivity index (χ1n) is 7.90. The second-order valence-corrected chi connectivity index (χ2v) is 7.33. The smallest absolute Gasteiger partial charge is 0.216 e. The number of pyridine rings is 1. The molecule has 1 aromatic carbocycles. The maximum Gasteiger partial charge on any atom is 0.216 e. The minimum atomic E-state index is -1.29. The number of rotatable bonds is 2. The molecule has 0 fully saturated rings. The van der Waals surface area contributed by atoms with E-state index in [1.165, 1.54) is 0 Å². The Hall–Kier alpha value is -2.00. The summed E-state index contributed by atoms with van der Waals surface area (Å²) < 4.78 is 1.94. The van der Waals surface area contributed by atoms with E-state index in [0.717, 1.165) is 11.1 Å². The Morgan fingerprint density at radius 1 is 1.32 bits per heavy atom. The number of nitrogens with one attached hydrogen (secondary N) is 1. The molecular formula is C19H19ClN3OS+. The predicted octanol–water partition coefficient (Wildman–Crippen LogP) is 3.24. The quantitative estimate of drug-likeness (QED) is 0.560. The van der Waals surface area contributed by atoms with Gasteiger partial charge in [-0.15, -0.1) is 12.6 Å². The molecule has 0 radical (unpaired) electrons. The van der Waals surface area contributed by atoms with Gasteiger partial charge in [0.05, 0.1) is 22.6 Å². The molecule has 0 saturated heterocycles. The van der Waals surface area contributed by atoms with Gasteiger partial charge in [0.25, 0.3) is 0 Å². The Balaban J connectivity index is 2.23. The molecule has 2 heterocycles. The summed E-state index contributed by atoms with van der Waals surface area (Å²) >= 11 is 10.4. The lowest BCUT2D eigenvalue weighted by Gasteiger charge is -2.39. The molecule has 1 aliphatic rings. The van der Waals surface area contributed by atoms with Crippen molar-refractivity contribution in [3.63, 3.8) is 0 Å². The predicted molar refractivity (Wildman–Crippen MR) is 100.0 cm³/mol. The zero-order chi connectivity index (χ0) is 18.2. The highest BCUT2D eigenvalue weighted by atomic mass is 35.5. The monoisotopic (exact) mass is 372 g/mol. The van der Waals surface area contributed by atoms with Gasteiger partial charge in [-0.2, -0.15) is 9.83 Å². The second-order valence-electron chi connectivity index (χ2n) is 6.45. The molecular weight excluding hydrogens is 354 g/mol. The largest absolute Gasteiger partial charge is 0.366 e. The van der Waals surface area contributed by atoms with Crippen LogP contribution >= 0.6 is 24.2 Å². The molecule has 6 heteroatoms. The van der Waals surface area contributed by atoms with Crippen LogP contribution in [0.2, 0.25) is 5.02 Å². The standard InChI is InChI=1S/C19H18ClN3OS/c1-12-4-3-9-23(11-12)17-16(13-5-7-14(20)8-6-13)15(10-21)18(25)22-19(17,2)24/h3-9,11,16-17,22,24H,1-2H3/p+1. The van der Waals surface area contributed by atoms with Gasteiger partial charge in [0.2, 0.25) is 6.04 Å². The van der Waals surface area contributed by atoms with Crippen molar-refractivity contribution in [1.82, 2.24) is 5.32 Å². The van der Waals surface area contributed by atoms with Gasteiger partial charge in [-0.05, 0) is 37.6 Å². The summed E-state index contributed by atoms with van der Waals surface area (Å²) in [7, 11) is 0. The van der Waals surface area contributed by atoms with Crippen LogP contribution in [0, 0.1) is 18.3 Å². The number of thiol groups is 1. The van der Waals surface area contributed by atoms with Gasteiger partial charge in [0.1, 0.15) is 0 Å². The maximum absolute atomic E-state index is 11.1.